The molecule has 2 rings (SSSR count). The lowest BCUT2D eigenvalue weighted by atomic mass is 10.3. The van der Waals surface area contributed by atoms with Gasteiger partial charge in [-0.1, -0.05) is 37.0 Å². The van der Waals surface area contributed by atoms with Crippen LogP contribution >= 0.6 is 24.0 Å². The van der Waals surface area contributed by atoms with E-state index in [-0.39, 0.29) is 12.5 Å². The van der Waals surface area contributed by atoms with Gasteiger partial charge in [-0.05, 0) is 24.6 Å². The first-order valence-corrected chi connectivity index (χ1v) is 7.66. The summed E-state index contributed by atoms with van der Waals surface area (Å²) < 4.78 is 5.33. The Labute approximate surface area is 132 Å². The predicted molar refractivity (Wildman–Crippen MR) is 85.4 cm³/mol. The Morgan fingerprint density at radius 2 is 2.33 bits per heavy atom. The number of ether oxygens (including phenoxy) is 1. The van der Waals surface area contributed by atoms with Crippen molar-refractivity contribution in [1.82, 2.24) is 9.88 Å². The van der Waals surface area contributed by atoms with E-state index in [9.17, 15) is 9.59 Å². The van der Waals surface area contributed by atoms with Gasteiger partial charge in [-0.2, -0.15) is 0 Å². The maximum atomic E-state index is 12.2. The van der Waals surface area contributed by atoms with E-state index in [1.54, 1.807) is 24.4 Å². The van der Waals surface area contributed by atoms with Crippen LogP contribution in [0, 0.1) is 0 Å². The number of hydrogen-bond acceptors (Lipinski definition) is 6. The van der Waals surface area contributed by atoms with Gasteiger partial charge in [0.25, 0.3) is 5.91 Å². The highest BCUT2D eigenvalue weighted by atomic mass is 32.2. The summed E-state index contributed by atoms with van der Waals surface area (Å²) >= 11 is 6.30. The fourth-order valence-electron chi connectivity index (χ4n) is 1.62. The summed E-state index contributed by atoms with van der Waals surface area (Å²) in [4.78, 5) is 29.7. The Kier molecular flexibility index (Phi) is 5.46. The molecule has 0 spiro atoms. The topological polar surface area (TPSA) is 59.5 Å². The average Bonchev–Trinajstić information content (AvgIpc) is 2.74. The van der Waals surface area contributed by atoms with E-state index in [1.807, 2.05) is 13.0 Å². The smallest absolute Gasteiger partial charge is 0.326 e. The molecule has 0 unspecified atom stereocenters. The van der Waals surface area contributed by atoms with Crippen molar-refractivity contribution in [3.8, 4) is 0 Å². The molecule has 1 amide bonds. The molecule has 1 aromatic heterocycles. The van der Waals surface area contributed by atoms with Crippen molar-refractivity contribution >= 4 is 46.3 Å². The molecular formula is C14H14N2O3S2. The molecule has 21 heavy (non-hydrogen) atoms. The highest BCUT2D eigenvalue weighted by molar-refractivity contribution is 8.26. The number of thioether (sulfide) groups is 1. The van der Waals surface area contributed by atoms with Crippen LogP contribution in [0.25, 0.3) is 6.08 Å². The largest absolute Gasteiger partial charge is 0.464 e. The monoisotopic (exact) mass is 322 g/mol. The van der Waals surface area contributed by atoms with Gasteiger partial charge in [-0.3, -0.25) is 19.5 Å². The summed E-state index contributed by atoms with van der Waals surface area (Å²) in [5.41, 5.74) is 0.673. The molecule has 0 saturated carbocycles. The minimum atomic E-state index is -0.452. The number of rotatable bonds is 5. The maximum absolute atomic E-state index is 12.2. The normalized spacial score (nSPS) is 16.6. The van der Waals surface area contributed by atoms with Gasteiger partial charge in [0.1, 0.15) is 10.9 Å². The summed E-state index contributed by atoms with van der Waals surface area (Å²) in [6, 6.07) is 5.43. The van der Waals surface area contributed by atoms with E-state index in [2.05, 4.69) is 4.98 Å². The SMILES string of the molecule is CCCOC(=O)CN1C(=O)/C(=C/c2ccccn2)SC1=S. The van der Waals surface area contributed by atoms with Crippen LogP contribution in [-0.2, 0) is 14.3 Å². The van der Waals surface area contributed by atoms with Crippen LogP contribution in [0.3, 0.4) is 0 Å². The molecular weight excluding hydrogens is 308 g/mol. The average molecular weight is 322 g/mol. The van der Waals surface area contributed by atoms with Crippen molar-refractivity contribution in [2.75, 3.05) is 13.2 Å². The first kappa shape index (κ1) is 15.7. The predicted octanol–water partition coefficient (Wildman–Crippen LogP) is 2.24. The van der Waals surface area contributed by atoms with Crippen molar-refractivity contribution in [2.45, 2.75) is 13.3 Å². The number of carbonyl (C=O) groups is 2. The Balaban J connectivity index is 2.06. The first-order valence-electron chi connectivity index (χ1n) is 6.44. The van der Waals surface area contributed by atoms with Crippen LogP contribution in [0.1, 0.15) is 19.0 Å². The summed E-state index contributed by atoms with van der Waals surface area (Å²) in [5, 5.41) is 0. The van der Waals surface area contributed by atoms with Gasteiger partial charge < -0.3 is 4.74 Å². The zero-order valence-electron chi connectivity index (χ0n) is 11.4. The van der Waals surface area contributed by atoms with E-state index < -0.39 is 5.97 Å². The third-order valence-corrected chi connectivity index (χ3v) is 3.97. The third-order valence-electron chi connectivity index (χ3n) is 2.59. The molecule has 0 aromatic carbocycles. The van der Waals surface area contributed by atoms with Gasteiger partial charge >= 0.3 is 5.97 Å². The second kappa shape index (κ2) is 7.33. The van der Waals surface area contributed by atoms with Gasteiger partial charge in [0.15, 0.2) is 0 Å². The van der Waals surface area contributed by atoms with Crippen LogP contribution in [0.15, 0.2) is 29.3 Å². The number of pyridine rings is 1. The Morgan fingerprint density at radius 3 is 3.00 bits per heavy atom. The van der Waals surface area contributed by atoms with Crippen LogP contribution in [0.5, 0.6) is 0 Å². The minimum absolute atomic E-state index is 0.149. The van der Waals surface area contributed by atoms with Crippen LogP contribution in [0.2, 0.25) is 0 Å². The standard InChI is InChI=1S/C14H14N2O3S2/c1-2-7-19-12(17)9-16-13(18)11(21-14(16)20)8-10-5-3-4-6-15-10/h3-6,8H,2,7,9H2,1H3/b11-8-. The molecule has 1 saturated heterocycles. The molecule has 1 aromatic rings. The van der Waals surface area contributed by atoms with Crippen LogP contribution < -0.4 is 0 Å². The molecule has 0 bridgehead atoms. The quantitative estimate of drug-likeness (QED) is 0.471. The lowest BCUT2D eigenvalue weighted by molar-refractivity contribution is -0.146. The zero-order valence-corrected chi connectivity index (χ0v) is 13.1. The minimum Gasteiger partial charge on any atom is -0.464 e. The first-order chi connectivity index (χ1) is 10.1. The van der Waals surface area contributed by atoms with E-state index in [0.717, 1.165) is 18.2 Å². The number of nitrogens with zero attached hydrogens (tertiary/aromatic N) is 2. The molecule has 0 atom stereocenters. The molecule has 5 nitrogen and oxygen atoms in total. The van der Waals surface area contributed by atoms with Crippen molar-refractivity contribution < 1.29 is 14.3 Å². The number of aromatic nitrogens is 1. The van der Waals surface area contributed by atoms with Gasteiger partial charge in [0.05, 0.1) is 17.2 Å². The molecule has 0 radical (unpaired) electrons. The van der Waals surface area contributed by atoms with Crippen molar-refractivity contribution in [3.05, 3.63) is 35.0 Å². The highest BCUT2D eigenvalue weighted by Crippen LogP contribution is 2.32. The van der Waals surface area contributed by atoms with Crippen molar-refractivity contribution in [3.63, 3.8) is 0 Å². The van der Waals surface area contributed by atoms with Gasteiger partial charge in [0.2, 0.25) is 0 Å². The number of amides is 1. The molecule has 110 valence electrons. The molecule has 2 heterocycles. The van der Waals surface area contributed by atoms with Gasteiger partial charge in [-0.15, -0.1) is 0 Å². The summed E-state index contributed by atoms with van der Waals surface area (Å²) in [6.07, 6.45) is 4.05. The fraction of sp³-hybridized carbons (Fsp3) is 0.286. The maximum Gasteiger partial charge on any atom is 0.326 e. The van der Waals surface area contributed by atoms with E-state index in [1.165, 1.54) is 4.90 Å². The lowest BCUT2D eigenvalue weighted by Crippen LogP contribution is -2.34. The summed E-state index contributed by atoms with van der Waals surface area (Å²) in [5.74, 6) is -0.740. The number of thiocarbonyl (C=S) groups is 1. The Hall–Kier alpha value is -1.73. The molecule has 7 heteroatoms. The van der Waals surface area contributed by atoms with Crippen molar-refractivity contribution in [2.24, 2.45) is 0 Å². The lowest BCUT2D eigenvalue weighted by Gasteiger charge is -2.13. The molecule has 1 fully saturated rings. The number of carbonyl (C=O) groups excluding carboxylic acids is 2. The molecule has 0 aliphatic carbocycles. The third kappa shape index (κ3) is 4.12. The molecule has 1 aliphatic heterocycles. The highest BCUT2D eigenvalue weighted by Gasteiger charge is 2.33. The van der Waals surface area contributed by atoms with E-state index in [0.29, 0.717) is 21.5 Å². The van der Waals surface area contributed by atoms with E-state index in [4.69, 9.17) is 17.0 Å². The van der Waals surface area contributed by atoms with Gasteiger partial charge in [-0.25, -0.2) is 0 Å². The number of hydrogen-bond donors (Lipinski definition) is 0. The Morgan fingerprint density at radius 1 is 1.52 bits per heavy atom. The van der Waals surface area contributed by atoms with E-state index >= 15 is 0 Å². The Bertz CT molecular complexity index is 587. The second-order valence-corrected chi connectivity index (χ2v) is 5.92. The van der Waals surface area contributed by atoms with Crippen molar-refractivity contribution in [1.29, 1.82) is 0 Å². The molecule has 0 N–H and O–H groups in total. The van der Waals surface area contributed by atoms with Gasteiger partial charge in [0, 0.05) is 6.20 Å². The summed E-state index contributed by atoms with van der Waals surface area (Å²) in [7, 11) is 0. The molecule has 1 aliphatic rings. The summed E-state index contributed by atoms with van der Waals surface area (Å²) in [6.45, 7) is 2.10. The van der Waals surface area contributed by atoms with Crippen LogP contribution in [0.4, 0.5) is 0 Å². The number of esters is 1. The fourth-order valence-corrected chi connectivity index (χ4v) is 2.86. The second-order valence-electron chi connectivity index (χ2n) is 4.24. The van der Waals surface area contributed by atoms with Crippen LogP contribution in [-0.4, -0.2) is 39.2 Å². The zero-order chi connectivity index (χ0) is 15.2.